The smallest absolute Gasteiger partial charge is 0.157 e. The van der Waals surface area contributed by atoms with Gasteiger partial charge >= 0.3 is 0 Å². The zero-order valence-electron chi connectivity index (χ0n) is 9.10. The Morgan fingerprint density at radius 1 is 1.25 bits per heavy atom. The predicted octanol–water partition coefficient (Wildman–Crippen LogP) is 2.24. The number of carbonyl (C=O) groups is 1. The second kappa shape index (κ2) is 4.19. The van der Waals surface area contributed by atoms with Crippen LogP contribution >= 0.6 is 0 Å². The highest BCUT2D eigenvalue weighted by Crippen LogP contribution is 2.24. The van der Waals surface area contributed by atoms with Gasteiger partial charge in [0.1, 0.15) is 0 Å². The number of anilines is 1. The van der Waals surface area contributed by atoms with Gasteiger partial charge in [-0.15, -0.1) is 0 Å². The van der Waals surface area contributed by atoms with Crippen LogP contribution in [0.4, 0.5) is 5.69 Å². The third-order valence-electron chi connectivity index (χ3n) is 2.77. The topological polar surface area (TPSA) is 44.1 Å². The molecule has 0 saturated carbocycles. The van der Waals surface area contributed by atoms with Crippen molar-refractivity contribution in [2.24, 2.45) is 0 Å². The van der Waals surface area contributed by atoms with E-state index in [9.17, 15) is 4.79 Å². The number of ketones is 1. The third-order valence-corrected chi connectivity index (χ3v) is 2.77. The maximum atomic E-state index is 11.1. The van der Waals surface area contributed by atoms with E-state index in [0.29, 0.717) is 12.0 Å². The van der Waals surface area contributed by atoms with Crippen LogP contribution in [0.2, 0.25) is 0 Å². The minimum absolute atomic E-state index is 0.190. The lowest BCUT2D eigenvalue weighted by Crippen LogP contribution is -2.14. The Balaban J connectivity index is 2.21. The van der Waals surface area contributed by atoms with Gasteiger partial charge in [0.2, 0.25) is 0 Å². The van der Waals surface area contributed by atoms with Crippen LogP contribution in [-0.2, 0) is 4.79 Å². The zero-order chi connectivity index (χ0) is 11.5. The molecule has 2 rings (SSSR count). The van der Waals surface area contributed by atoms with Gasteiger partial charge in [0.15, 0.2) is 5.78 Å². The van der Waals surface area contributed by atoms with Crippen molar-refractivity contribution in [2.45, 2.75) is 12.8 Å². The molecule has 1 aliphatic carbocycles. The molecule has 0 N–H and O–H groups in total. The highest BCUT2D eigenvalue weighted by Gasteiger charge is 2.16. The van der Waals surface area contributed by atoms with Crippen LogP contribution in [0.1, 0.15) is 18.4 Å². The van der Waals surface area contributed by atoms with Crippen molar-refractivity contribution in [1.82, 2.24) is 0 Å². The van der Waals surface area contributed by atoms with E-state index in [2.05, 4.69) is 6.07 Å². The summed E-state index contributed by atoms with van der Waals surface area (Å²) in [4.78, 5) is 13.1. The van der Waals surface area contributed by atoms with Crippen molar-refractivity contribution in [3.05, 3.63) is 41.6 Å². The molecule has 0 aromatic heterocycles. The van der Waals surface area contributed by atoms with Crippen molar-refractivity contribution < 1.29 is 4.79 Å². The Hall–Kier alpha value is -2.08. The fourth-order valence-corrected chi connectivity index (χ4v) is 1.77. The molecule has 3 nitrogen and oxygen atoms in total. The lowest BCUT2D eigenvalue weighted by Gasteiger charge is -2.20. The van der Waals surface area contributed by atoms with E-state index < -0.39 is 0 Å². The van der Waals surface area contributed by atoms with E-state index in [1.807, 2.05) is 24.1 Å². The molecule has 0 amide bonds. The van der Waals surface area contributed by atoms with Crippen LogP contribution in [0.15, 0.2) is 36.0 Å². The maximum absolute atomic E-state index is 11.1. The molecule has 1 aromatic carbocycles. The van der Waals surface area contributed by atoms with E-state index in [1.165, 1.54) is 0 Å². The van der Waals surface area contributed by atoms with Gasteiger partial charge in [-0.3, -0.25) is 4.79 Å². The van der Waals surface area contributed by atoms with Crippen molar-refractivity contribution >= 4 is 11.5 Å². The van der Waals surface area contributed by atoms with E-state index >= 15 is 0 Å². The standard InChI is InChI=1S/C13H12N2O/c1-15(12-6-7-13(16)8-12)11-4-2-10(9-14)3-5-11/h2-5,8H,6-7H2,1H3. The average Bonchev–Trinajstić information content (AvgIpc) is 2.75. The number of rotatable bonds is 2. The highest BCUT2D eigenvalue weighted by atomic mass is 16.1. The first-order chi connectivity index (χ1) is 7.70. The summed E-state index contributed by atoms with van der Waals surface area (Å²) in [5.41, 5.74) is 2.68. The summed E-state index contributed by atoms with van der Waals surface area (Å²) in [5, 5.41) is 8.69. The number of hydrogen-bond donors (Lipinski definition) is 0. The first-order valence-electron chi connectivity index (χ1n) is 5.18. The summed E-state index contributed by atoms with van der Waals surface area (Å²) in [6.45, 7) is 0. The van der Waals surface area contributed by atoms with Crippen LogP contribution in [0, 0.1) is 11.3 Å². The minimum atomic E-state index is 0.190. The molecule has 0 aliphatic heterocycles. The molecule has 0 saturated heterocycles. The molecule has 0 spiro atoms. The van der Waals surface area contributed by atoms with Gasteiger partial charge < -0.3 is 4.90 Å². The molecule has 16 heavy (non-hydrogen) atoms. The molecule has 0 radical (unpaired) electrons. The van der Waals surface area contributed by atoms with Gasteiger partial charge in [0.05, 0.1) is 11.6 Å². The Bertz CT molecular complexity index is 480. The monoisotopic (exact) mass is 212 g/mol. The molecule has 1 aliphatic rings. The van der Waals surface area contributed by atoms with Crippen molar-refractivity contribution in [1.29, 1.82) is 5.26 Å². The van der Waals surface area contributed by atoms with Gasteiger partial charge in [-0.05, 0) is 30.7 Å². The quantitative estimate of drug-likeness (QED) is 0.755. The Labute approximate surface area is 94.6 Å². The van der Waals surface area contributed by atoms with E-state index in [0.717, 1.165) is 17.8 Å². The summed E-state index contributed by atoms with van der Waals surface area (Å²) >= 11 is 0. The summed E-state index contributed by atoms with van der Waals surface area (Å²) in [6, 6.07) is 9.43. The molecule has 0 unspecified atom stereocenters. The van der Waals surface area contributed by atoms with Gasteiger partial charge in [-0.25, -0.2) is 0 Å². The lowest BCUT2D eigenvalue weighted by molar-refractivity contribution is -0.114. The largest absolute Gasteiger partial charge is 0.348 e. The maximum Gasteiger partial charge on any atom is 0.157 e. The molecular formula is C13H12N2O. The van der Waals surface area contributed by atoms with Gasteiger partial charge in [-0.1, -0.05) is 0 Å². The lowest BCUT2D eigenvalue weighted by atomic mass is 10.2. The molecule has 0 atom stereocenters. The Morgan fingerprint density at radius 3 is 2.44 bits per heavy atom. The van der Waals surface area contributed by atoms with E-state index in [4.69, 9.17) is 5.26 Å². The Morgan fingerprint density at radius 2 is 1.94 bits per heavy atom. The van der Waals surface area contributed by atoms with Crippen molar-refractivity contribution in [3.63, 3.8) is 0 Å². The predicted molar refractivity (Wildman–Crippen MR) is 61.9 cm³/mol. The van der Waals surface area contributed by atoms with Crippen LogP contribution in [0.5, 0.6) is 0 Å². The van der Waals surface area contributed by atoms with Gasteiger partial charge in [-0.2, -0.15) is 5.26 Å². The number of carbonyl (C=O) groups excluding carboxylic acids is 1. The number of nitriles is 1. The van der Waals surface area contributed by atoms with Crippen LogP contribution in [0.25, 0.3) is 0 Å². The molecule has 0 bridgehead atoms. The summed E-state index contributed by atoms with van der Waals surface area (Å²) < 4.78 is 0. The fraction of sp³-hybridized carbons (Fsp3) is 0.231. The van der Waals surface area contributed by atoms with Gasteiger partial charge in [0.25, 0.3) is 0 Å². The Kier molecular flexibility index (Phi) is 2.74. The molecule has 3 heteroatoms. The number of allylic oxidation sites excluding steroid dienone is 2. The minimum Gasteiger partial charge on any atom is -0.348 e. The average molecular weight is 212 g/mol. The van der Waals surface area contributed by atoms with Crippen LogP contribution in [-0.4, -0.2) is 12.8 Å². The van der Waals surface area contributed by atoms with Crippen LogP contribution < -0.4 is 4.90 Å². The molecule has 0 fully saturated rings. The highest BCUT2D eigenvalue weighted by molar-refractivity contribution is 5.93. The second-order valence-electron chi connectivity index (χ2n) is 3.82. The van der Waals surface area contributed by atoms with Crippen molar-refractivity contribution in [2.75, 3.05) is 11.9 Å². The zero-order valence-corrected chi connectivity index (χ0v) is 9.10. The van der Waals surface area contributed by atoms with Crippen LogP contribution in [0.3, 0.4) is 0 Å². The number of hydrogen-bond acceptors (Lipinski definition) is 3. The third kappa shape index (κ3) is 1.96. The molecule has 80 valence electrons. The molecule has 0 heterocycles. The summed E-state index contributed by atoms with van der Waals surface area (Å²) in [6.07, 6.45) is 3.10. The molecular weight excluding hydrogens is 200 g/mol. The molecule has 1 aromatic rings. The second-order valence-corrected chi connectivity index (χ2v) is 3.82. The number of nitrogens with zero attached hydrogens (tertiary/aromatic N) is 2. The normalized spacial score (nSPS) is 14.5. The SMILES string of the molecule is CN(C1=CC(=O)CC1)c1ccc(C#N)cc1. The summed E-state index contributed by atoms with van der Waals surface area (Å²) in [7, 11) is 1.94. The van der Waals surface area contributed by atoms with Crippen molar-refractivity contribution in [3.8, 4) is 6.07 Å². The number of benzene rings is 1. The first-order valence-corrected chi connectivity index (χ1v) is 5.18. The summed E-state index contributed by atoms with van der Waals surface area (Å²) in [5.74, 6) is 0.190. The van der Waals surface area contributed by atoms with Gasteiger partial charge in [0, 0.05) is 30.9 Å². The van der Waals surface area contributed by atoms with E-state index in [-0.39, 0.29) is 5.78 Å². The van der Waals surface area contributed by atoms with E-state index in [1.54, 1.807) is 18.2 Å². The fourth-order valence-electron chi connectivity index (χ4n) is 1.77. The first kappa shape index (κ1) is 10.4.